The molecule has 17 heavy (non-hydrogen) atoms. The van der Waals surface area contributed by atoms with Crippen molar-refractivity contribution in [1.82, 2.24) is 4.98 Å². The maximum absolute atomic E-state index is 12.4. The van der Waals surface area contributed by atoms with Crippen LogP contribution in [0.2, 0.25) is 0 Å². The van der Waals surface area contributed by atoms with Gasteiger partial charge in [-0.1, -0.05) is 0 Å². The van der Waals surface area contributed by atoms with Gasteiger partial charge in [0.25, 0.3) is 5.69 Å². The second kappa shape index (κ2) is 4.52. The van der Waals surface area contributed by atoms with Crippen molar-refractivity contribution in [2.45, 2.75) is 20.0 Å². The normalized spacial score (nSPS) is 11.4. The molecule has 9 heteroatoms. The molecule has 0 aliphatic heterocycles. The number of hydrogen-bond acceptors (Lipinski definition) is 4. The lowest BCUT2D eigenvalue weighted by atomic mass is 10.2. The molecular weight excluding hydrogens is 248 g/mol. The first-order chi connectivity index (χ1) is 7.74. The zero-order valence-electron chi connectivity index (χ0n) is 8.42. The van der Waals surface area contributed by atoms with Crippen LogP contribution in [0.3, 0.4) is 0 Å². The number of ether oxygens (including phenoxy) is 1. The van der Waals surface area contributed by atoms with Gasteiger partial charge >= 0.3 is 6.36 Å². The number of hydrogen-bond donors (Lipinski definition) is 0. The number of halogens is 4. The molecule has 1 heterocycles. The molecule has 0 atom stereocenters. The van der Waals surface area contributed by atoms with Gasteiger partial charge in [0.15, 0.2) is 0 Å². The van der Waals surface area contributed by atoms with E-state index in [-0.39, 0.29) is 5.56 Å². The quantitative estimate of drug-likeness (QED) is 0.472. The Hall–Kier alpha value is -1.93. The third-order valence-corrected chi connectivity index (χ3v) is 1.87. The molecule has 0 N–H and O–H groups in total. The van der Waals surface area contributed by atoms with E-state index in [0.29, 0.717) is 6.07 Å². The smallest absolute Gasteiger partial charge is 0.388 e. The molecule has 0 amide bonds. The molecule has 1 aromatic rings. The maximum atomic E-state index is 12.4. The van der Waals surface area contributed by atoms with Gasteiger partial charge in [0.05, 0.1) is 22.2 Å². The SMILES string of the molecule is Cc1c([N+](=O)[O-])cc(OC(F)(F)F)nc1CF. The van der Waals surface area contributed by atoms with Crippen LogP contribution in [-0.4, -0.2) is 16.3 Å². The van der Waals surface area contributed by atoms with Crippen LogP contribution in [0.1, 0.15) is 11.3 Å². The molecule has 0 saturated heterocycles. The molecule has 5 nitrogen and oxygen atoms in total. The predicted molar refractivity (Wildman–Crippen MR) is 47.1 cm³/mol. The molecule has 1 aromatic heterocycles. The van der Waals surface area contributed by atoms with Gasteiger partial charge in [0.1, 0.15) is 6.67 Å². The maximum Gasteiger partial charge on any atom is 0.574 e. The summed E-state index contributed by atoms with van der Waals surface area (Å²) in [6, 6.07) is 0.502. The van der Waals surface area contributed by atoms with Gasteiger partial charge in [-0.3, -0.25) is 10.1 Å². The molecule has 0 aliphatic rings. The molecule has 0 spiro atoms. The Morgan fingerprint density at radius 3 is 2.53 bits per heavy atom. The summed E-state index contributed by atoms with van der Waals surface area (Å²) in [5.74, 6) is -1.05. The summed E-state index contributed by atoms with van der Waals surface area (Å²) in [6.45, 7) is -0.0286. The molecule has 0 aliphatic carbocycles. The molecule has 94 valence electrons. The van der Waals surface area contributed by atoms with Crippen molar-refractivity contribution < 1.29 is 27.2 Å². The lowest BCUT2D eigenvalue weighted by Gasteiger charge is -2.09. The lowest BCUT2D eigenvalue weighted by molar-refractivity contribution is -0.385. The zero-order chi connectivity index (χ0) is 13.2. The van der Waals surface area contributed by atoms with Gasteiger partial charge in [-0.15, -0.1) is 13.2 Å². The van der Waals surface area contributed by atoms with Crippen LogP contribution in [0.4, 0.5) is 23.2 Å². The van der Waals surface area contributed by atoms with Crippen LogP contribution >= 0.6 is 0 Å². The van der Waals surface area contributed by atoms with Crippen LogP contribution in [0, 0.1) is 17.0 Å². The third kappa shape index (κ3) is 3.26. The molecule has 0 unspecified atom stereocenters. The molecule has 1 rings (SSSR count). The van der Waals surface area contributed by atoms with E-state index in [1.54, 1.807) is 0 Å². The van der Waals surface area contributed by atoms with Crippen molar-refractivity contribution in [3.05, 3.63) is 27.4 Å². The highest BCUT2D eigenvalue weighted by molar-refractivity contribution is 5.44. The molecule has 0 saturated carbocycles. The Balaban J connectivity index is 3.25. The number of rotatable bonds is 3. The number of nitro groups is 1. The Morgan fingerprint density at radius 1 is 1.53 bits per heavy atom. The topological polar surface area (TPSA) is 65.3 Å². The molecule has 0 radical (unpaired) electrons. The summed E-state index contributed by atoms with van der Waals surface area (Å²) in [6.07, 6.45) is -5.04. The first kappa shape index (κ1) is 13.1. The van der Waals surface area contributed by atoms with Crippen molar-refractivity contribution >= 4 is 5.69 Å². The third-order valence-electron chi connectivity index (χ3n) is 1.87. The summed E-state index contributed by atoms with van der Waals surface area (Å²) < 4.78 is 51.5. The van der Waals surface area contributed by atoms with E-state index in [9.17, 15) is 27.7 Å². The minimum absolute atomic E-state index is 0.132. The van der Waals surface area contributed by atoms with Crippen LogP contribution in [-0.2, 0) is 6.67 Å². The van der Waals surface area contributed by atoms with Crippen molar-refractivity contribution in [2.75, 3.05) is 0 Å². The summed E-state index contributed by atoms with van der Waals surface area (Å²) in [7, 11) is 0. The molecular formula is C8H6F4N2O3. The average molecular weight is 254 g/mol. The average Bonchev–Trinajstić information content (AvgIpc) is 2.17. The summed E-state index contributed by atoms with van der Waals surface area (Å²) in [5, 5.41) is 10.5. The summed E-state index contributed by atoms with van der Waals surface area (Å²) >= 11 is 0. The van der Waals surface area contributed by atoms with Crippen molar-refractivity contribution in [3.8, 4) is 5.88 Å². The fraction of sp³-hybridized carbons (Fsp3) is 0.375. The van der Waals surface area contributed by atoms with Gasteiger partial charge in [-0.25, -0.2) is 9.37 Å². The Labute approximate surface area is 92.2 Å². The van der Waals surface area contributed by atoms with Crippen molar-refractivity contribution in [3.63, 3.8) is 0 Å². The van der Waals surface area contributed by atoms with Crippen molar-refractivity contribution in [2.24, 2.45) is 0 Å². The molecule has 0 fully saturated rings. The fourth-order valence-corrected chi connectivity index (χ4v) is 1.11. The minimum atomic E-state index is -5.04. The predicted octanol–water partition coefficient (Wildman–Crippen LogP) is 2.67. The van der Waals surface area contributed by atoms with E-state index in [2.05, 4.69) is 9.72 Å². The first-order valence-electron chi connectivity index (χ1n) is 4.21. The second-order valence-corrected chi connectivity index (χ2v) is 2.99. The first-order valence-corrected chi connectivity index (χ1v) is 4.21. The number of alkyl halides is 4. The number of pyridine rings is 1. The highest BCUT2D eigenvalue weighted by Crippen LogP contribution is 2.28. The van der Waals surface area contributed by atoms with Crippen LogP contribution in [0.25, 0.3) is 0 Å². The second-order valence-electron chi connectivity index (χ2n) is 2.99. The fourth-order valence-electron chi connectivity index (χ4n) is 1.11. The van der Waals surface area contributed by atoms with Gasteiger partial charge in [-0.05, 0) is 6.92 Å². The highest BCUT2D eigenvalue weighted by Gasteiger charge is 2.33. The number of aromatic nitrogens is 1. The Morgan fingerprint density at radius 2 is 2.12 bits per heavy atom. The van der Waals surface area contributed by atoms with Crippen LogP contribution in [0.15, 0.2) is 6.07 Å². The van der Waals surface area contributed by atoms with Crippen molar-refractivity contribution in [1.29, 1.82) is 0 Å². The standard InChI is InChI=1S/C8H6F4N2O3/c1-4-5(3-9)13-7(17-8(10,11)12)2-6(4)14(15)16/h2H,3H2,1H3. The number of nitrogens with zero attached hydrogens (tertiary/aromatic N) is 2. The van der Waals surface area contributed by atoms with Gasteiger partial charge in [-0.2, -0.15) is 0 Å². The zero-order valence-corrected chi connectivity index (χ0v) is 8.42. The summed E-state index contributed by atoms with van der Waals surface area (Å²) in [4.78, 5) is 12.8. The van der Waals surface area contributed by atoms with E-state index in [0.717, 1.165) is 0 Å². The van der Waals surface area contributed by atoms with E-state index in [4.69, 9.17) is 0 Å². The van der Waals surface area contributed by atoms with Gasteiger partial charge in [0, 0.05) is 0 Å². The molecule has 0 bridgehead atoms. The summed E-state index contributed by atoms with van der Waals surface area (Å²) in [5.41, 5.74) is -1.27. The monoisotopic (exact) mass is 254 g/mol. The van der Waals surface area contributed by atoms with E-state index < -0.39 is 35.2 Å². The van der Waals surface area contributed by atoms with Gasteiger partial charge < -0.3 is 4.74 Å². The Kier molecular flexibility index (Phi) is 3.49. The van der Waals surface area contributed by atoms with E-state index in [1.165, 1.54) is 6.92 Å². The van der Waals surface area contributed by atoms with E-state index >= 15 is 0 Å². The van der Waals surface area contributed by atoms with Gasteiger partial charge in [0.2, 0.25) is 5.88 Å². The molecule has 0 aromatic carbocycles. The Bertz CT molecular complexity index is 447. The minimum Gasteiger partial charge on any atom is -0.388 e. The largest absolute Gasteiger partial charge is 0.574 e. The van der Waals surface area contributed by atoms with Crippen LogP contribution < -0.4 is 4.74 Å². The highest BCUT2D eigenvalue weighted by atomic mass is 19.4. The lowest BCUT2D eigenvalue weighted by Crippen LogP contribution is -2.18. The van der Waals surface area contributed by atoms with Crippen LogP contribution in [0.5, 0.6) is 5.88 Å². The van der Waals surface area contributed by atoms with E-state index in [1.807, 2.05) is 0 Å².